The largest absolute Gasteiger partial charge is 0.373 e. The zero-order valence-corrected chi connectivity index (χ0v) is 15.5. The summed E-state index contributed by atoms with van der Waals surface area (Å²) in [6.07, 6.45) is 3.65. The highest BCUT2D eigenvalue weighted by Crippen LogP contribution is 2.31. The van der Waals surface area contributed by atoms with Crippen molar-refractivity contribution in [2.24, 2.45) is 7.05 Å². The van der Waals surface area contributed by atoms with E-state index < -0.39 is 0 Å². The number of aryl methyl sites for hydroxylation is 1. The highest BCUT2D eigenvalue weighted by molar-refractivity contribution is 6.30. The molecule has 0 aliphatic carbocycles. The van der Waals surface area contributed by atoms with Crippen molar-refractivity contribution in [3.8, 4) is 0 Å². The van der Waals surface area contributed by atoms with Crippen LogP contribution < -0.4 is 0 Å². The van der Waals surface area contributed by atoms with Gasteiger partial charge in [0.2, 0.25) is 0 Å². The molecule has 1 fully saturated rings. The number of nitrogens with zero attached hydrogens (tertiary/aromatic N) is 4. The van der Waals surface area contributed by atoms with Crippen LogP contribution in [0.1, 0.15) is 22.0 Å². The predicted molar refractivity (Wildman–Crippen MR) is 96.7 cm³/mol. The van der Waals surface area contributed by atoms with Crippen molar-refractivity contribution in [2.75, 3.05) is 33.8 Å². The molecule has 0 unspecified atom stereocenters. The Balaban J connectivity index is 1.93. The van der Waals surface area contributed by atoms with Crippen LogP contribution in [0, 0.1) is 0 Å². The second kappa shape index (κ2) is 7.56. The molecule has 0 radical (unpaired) electrons. The third-order valence-electron chi connectivity index (χ3n) is 4.32. The summed E-state index contributed by atoms with van der Waals surface area (Å²) < 4.78 is 7.76. The minimum Gasteiger partial charge on any atom is -0.373 e. The Hall–Kier alpha value is -1.89. The van der Waals surface area contributed by atoms with Crippen molar-refractivity contribution in [2.45, 2.75) is 12.1 Å². The van der Waals surface area contributed by atoms with Crippen molar-refractivity contribution in [1.29, 1.82) is 0 Å². The van der Waals surface area contributed by atoms with Crippen molar-refractivity contribution in [1.82, 2.24) is 19.6 Å². The van der Waals surface area contributed by atoms with Gasteiger partial charge in [-0.1, -0.05) is 11.6 Å². The van der Waals surface area contributed by atoms with Crippen molar-refractivity contribution in [3.05, 3.63) is 52.8 Å². The van der Waals surface area contributed by atoms with Gasteiger partial charge in [-0.2, -0.15) is 5.10 Å². The number of rotatable bonds is 4. The summed E-state index contributed by atoms with van der Waals surface area (Å²) >= 11 is 5.95. The van der Waals surface area contributed by atoms with Gasteiger partial charge in [-0.15, -0.1) is 0 Å². The second-order valence-electron chi connectivity index (χ2n) is 6.57. The molecule has 3 rings (SSSR count). The van der Waals surface area contributed by atoms with Gasteiger partial charge < -0.3 is 14.5 Å². The van der Waals surface area contributed by atoms with E-state index in [4.69, 9.17) is 16.3 Å². The fourth-order valence-corrected chi connectivity index (χ4v) is 3.35. The van der Waals surface area contributed by atoms with Crippen LogP contribution in [0.4, 0.5) is 0 Å². The van der Waals surface area contributed by atoms with E-state index in [1.807, 2.05) is 38.4 Å². The standard InChI is InChI=1S/C18H23ClN4O2/c1-21(2)12-16-17(14-10-20-22(3)11-14)23(8-9-25-16)18(24)13-4-6-15(19)7-5-13/h4-7,10-11,16-17H,8-9,12H2,1-3H3/t16-,17-/m0/s1. The number of halogens is 1. The molecule has 0 N–H and O–H groups in total. The average Bonchev–Trinajstić information content (AvgIpc) is 3.00. The van der Waals surface area contributed by atoms with E-state index in [0.29, 0.717) is 23.7 Å². The summed E-state index contributed by atoms with van der Waals surface area (Å²) in [4.78, 5) is 17.1. The summed E-state index contributed by atoms with van der Waals surface area (Å²) in [5.41, 5.74) is 1.61. The van der Waals surface area contributed by atoms with Crippen LogP contribution in [0.25, 0.3) is 0 Å². The fraction of sp³-hybridized carbons (Fsp3) is 0.444. The minimum atomic E-state index is -0.173. The molecular formula is C18H23ClN4O2. The van der Waals surface area contributed by atoms with Crippen LogP contribution >= 0.6 is 11.6 Å². The Morgan fingerprint density at radius 1 is 1.36 bits per heavy atom. The van der Waals surface area contributed by atoms with E-state index in [-0.39, 0.29) is 18.1 Å². The SMILES string of the molecule is CN(C)C[C@@H]1OCCN(C(=O)c2ccc(Cl)cc2)[C@H]1c1cnn(C)c1. The number of amides is 1. The number of likely N-dealkylation sites (N-methyl/N-ethyl adjacent to an activating group) is 1. The molecule has 25 heavy (non-hydrogen) atoms. The van der Waals surface area contributed by atoms with Crippen LogP contribution in [0.15, 0.2) is 36.7 Å². The van der Waals surface area contributed by atoms with E-state index in [9.17, 15) is 4.79 Å². The number of benzene rings is 1. The zero-order chi connectivity index (χ0) is 18.0. The maximum Gasteiger partial charge on any atom is 0.254 e. The first-order chi connectivity index (χ1) is 12.0. The van der Waals surface area contributed by atoms with E-state index in [1.54, 1.807) is 28.9 Å². The molecule has 1 aromatic heterocycles. The molecule has 1 aromatic carbocycles. The smallest absolute Gasteiger partial charge is 0.254 e. The number of ether oxygens (including phenoxy) is 1. The molecular weight excluding hydrogens is 340 g/mol. The van der Waals surface area contributed by atoms with Gasteiger partial charge in [0, 0.05) is 42.5 Å². The number of carbonyl (C=O) groups excluding carboxylic acids is 1. The zero-order valence-electron chi connectivity index (χ0n) is 14.7. The monoisotopic (exact) mass is 362 g/mol. The molecule has 0 bridgehead atoms. The Morgan fingerprint density at radius 3 is 2.68 bits per heavy atom. The lowest BCUT2D eigenvalue weighted by Gasteiger charge is -2.41. The predicted octanol–water partition coefficient (Wildman–Crippen LogP) is 2.22. The lowest BCUT2D eigenvalue weighted by molar-refractivity contribution is -0.0684. The molecule has 1 saturated heterocycles. The number of carbonyl (C=O) groups is 1. The summed E-state index contributed by atoms with van der Waals surface area (Å²) in [5.74, 6) is -0.0161. The molecule has 6 nitrogen and oxygen atoms in total. The third kappa shape index (κ3) is 4.03. The molecule has 2 heterocycles. The Bertz CT molecular complexity index is 729. The summed E-state index contributed by atoms with van der Waals surface area (Å²) in [6.45, 7) is 1.80. The fourth-order valence-electron chi connectivity index (χ4n) is 3.22. The quantitative estimate of drug-likeness (QED) is 0.836. The lowest BCUT2D eigenvalue weighted by atomic mass is 9.99. The van der Waals surface area contributed by atoms with Crippen LogP contribution in [-0.4, -0.2) is 65.4 Å². The maximum atomic E-state index is 13.1. The molecule has 0 spiro atoms. The third-order valence-corrected chi connectivity index (χ3v) is 4.57. The highest BCUT2D eigenvalue weighted by atomic mass is 35.5. The summed E-state index contributed by atoms with van der Waals surface area (Å²) in [5, 5.41) is 4.89. The Labute approximate surface area is 152 Å². The van der Waals surface area contributed by atoms with Gasteiger partial charge in [-0.3, -0.25) is 9.48 Å². The van der Waals surface area contributed by atoms with Crippen molar-refractivity contribution >= 4 is 17.5 Å². The van der Waals surface area contributed by atoms with E-state index in [0.717, 1.165) is 12.1 Å². The van der Waals surface area contributed by atoms with E-state index in [1.165, 1.54) is 0 Å². The summed E-state index contributed by atoms with van der Waals surface area (Å²) in [7, 11) is 5.88. The van der Waals surface area contributed by atoms with Gasteiger partial charge in [-0.05, 0) is 38.4 Å². The molecule has 134 valence electrons. The highest BCUT2D eigenvalue weighted by Gasteiger charge is 2.37. The lowest BCUT2D eigenvalue weighted by Crippen LogP contribution is -2.51. The van der Waals surface area contributed by atoms with Crippen LogP contribution in [-0.2, 0) is 11.8 Å². The Morgan fingerprint density at radius 2 is 2.08 bits per heavy atom. The second-order valence-corrected chi connectivity index (χ2v) is 7.01. The van der Waals surface area contributed by atoms with Crippen molar-refractivity contribution < 1.29 is 9.53 Å². The van der Waals surface area contributed by atoms with Gasteiger partial charge in [0.25, 0.3) is 5.91 Å². The number of hydrogen-bond acceptors (Lipinski definition) is 4. The first-order valence-electron chi connectivity index (χ1n) is 8.27. The van der Waals surface area contributed by atoms with E-state index in [2.05, 4.69) is 10.00 Å². The molecule has 0 saturated carbocycles. The average molecular weight is 363 g/mol. The molecule has 1 aliphatic rings. The minimum absolute atomic E-state index is 0.0161. The van der Waals surface area contributed by atoms with Crippen LogP contribution in [0.2, 0.25) is 5.02 Å². The van der Waals surface area contributed by atoms with Gasteiger partial charge in [0.1, 0.15) is 0 Å². The van der Waals surface area contributed by atoms with Gasteiger partial charge in [-0.25, -0.2) is 0 Å². The number of aromatic nitrogens is 2. The first kappa shape index (κ1) is 17.9. The molecule has 1 amide bonds. The molecule has 2 atom stereocenters. The molecule has 7 heteroatoms. The molecule has 1 aliphatic heterocycles. The summed E-state index contributed by atoms with van der Waals surface area (Å²) in [6, 6.07) is 6.84. The topological polar surface area (TPSA) is 50.6 Å². The first-order valence-corrected chi connectivity index (χ1v) is 8.65. The van der Waals surface area contributed by atoms with Crippen LogP contribution in [0.3, 0.4) is 0 Å². The number of hydrogen-bond donors (Lipinski definition) is 0. The van der Waals surface area contributed by atoms with Gasteiger partial charge in [0.15, 0.2) is 0 Å². The number of morpholine rings is 1. The van der Waals surface area contributed by atoms with Gasteiger partial charge in [0.05, 0.1) is 24.9 Å². The molecule has 2 aromatic rings. The normalized spacial score (nSPS) is 20.9. The maximum absolute atomic E-state index is 13.1. The van der Waals surface area contributed by atoms with E-state index >= 15 is 0 Å². The van der Waals surface area contributed by atoms with Crippen LogP contribution in [0.5, 0.6) is 0 Å². The van der Waals surface area contributed by atoms with Gasteiger partial charge >= 0.3 is 0 Å². The van der Waals surface area contributed by atoms with Crippen molar-refractivity contribution in [3.63, 3.8) is 0 Å². The Kier molecular flexibility index (Phi) is 5.42.